The molecule has 0 spiro atoms. The van der Waals surface area contributed by atoms with E-state index < -0.39 is 0 Å². The van der Waals surface area contributed by atoms with Gasteiger partial charge in [0.25, 0.3) is 0 Å². The van der Waals surface area contributed by atoms with E-state index in [2.05, 4.69) is 232 Å². The van der Waals surface area contributed by atoms with Crippen LogP contribution < -0.4 is 19.6 Å². The number of benzene rings is 9. The molecule has 2 aliphatic heterocycles. The fourth-order valence-corrected chi connectivity index (χ4v) is 10.2. The molecular weight excluding hydrogens is 805 g/mol. The molecular formula is C56H36N6OS. The lowest BCUT2D eigenvalue weighted by molar-refractivity contribution is 0.620. The SMILES string of the molecule is c1ccc(N2c3ccccc3N(c3ccc(-c4nc5cc6sc(-c7ccc(N8c9ccccc9N(c9ccccc9)c9ccccc98)cc7)nc6cc5o4)cc3)c3ccccc32)cc1. The number of anilines is 12. The maximum absolute atomic E-state index is 6.44. The first kappa shape index (κ1) is 36.2. The van der Waals surface area contributed by atoms with Gasteiger partial charge < -0.3 is 24.0 Å². The van der Waals surface area contributed by atoms with Gasteiger partial charge in [-0.3, -0.25) is 0 Å². The molecule has 0 amide bonds. The third-order valence-corrected chi connectivity index (χ3v) is 13.2. The molecule has 0 unspecified atom stereocenters. The first-order chi connectivity index (χ1) is 31.7. The zero-order valence-corrected chi connectivity index (χ0v) is 35.1. The van der Waals surface area contributed by atoms with E-state index >= 15 is 0 Å². The van der Waals surface area contributed by atoms with Crippen molar-refractivity contribution in [2.75, 3.05) is 19.6 Å². The van der Waals surface area contributed by atoms with Crippen molar-refractivity contribution in [2.24, 2.45) is 0 Å². The summed E-state index contributed by atoms with van der Waals surface area (Å²) in [6, 6.07) is 76.8. The highest BCUT2D eigenvalue weighted by Crippen LogP contribution is 2.55. The van der Waals surface area contributed by atoms with Crippen LogP contribution in [0.15, 0.2) is 223 Å². The quantitative estimate of drug-likeness (QED) is 0.165. The van der Waals surface area contributed by atoms with Crippen molar-refractivity contribution >= 4 is 101 Å². The Kier molecular flexibility index (Phi) is 8.25. The van der Waals surface area contributed by atoms with Crippen molar-refractivity contribution in [3.8, 4) is 22.0 Å². The Morgan fingerprint density at radius 1 is 0.328 bits per heavy atom. The van der Waals surface area contributed by atoms with Crippen molar-refractivity contribution in [1.29, 1.82) is 0 Å². The lowest BCUT2D eigenvalue weighted by Gasteiger charge is -2.40. The second-order valence-corrected chi connectivity index (χ2v) is 16.9. The minimum absolute atomic E-state index is 0.581. The summed E-state index contributed by atoms with van der Waals surface area (Å²) in [5.74, 6) is 0.581. The average molecular weight is 841 g/mol. The zero-order valence-electron chi connectivity index (χ0n) is 34.3. The molecule has 7 nitrogen and oxygen atoms in total. The van der Waals surface area contributed by atoms with Crippen molar-refractivity contribution in [3.63, 3.8) is 0 Å². The largest absolute Gasteiger partial charge is 0.436 e. The van der Waals surface area contributed by atoms with Crippen LogP contribution in [0.1, 0.15) is 0 Å². The lowest BCUT2D eigenvalue weighted by atomic mass is 10.0. The Hall–Kier alpha value is -8.46. The van der Waals surface area contributed by atoms with Crippen LogP contribution in [-0.2, 0) is 0 Å². The Morgan fingerprint density at radius 2 is 0.688 bits per heavy atom. The van der Waals surface area contributed by atoms with Gasteiger partial charge in [0.2, 0.25) is 5.89 Å². The van der Waals surface area contributed by atoms with E-state index in [9.17, 15) is 0 Å². The number of para-hydroxylation sites is 10. The lowest BCUT2D eigenvalue weighted by Crippen LogP contribution is -2.23. The van der Waals surface area contributed by atoms with E-state index in [1.54, 1.807) is 11.3 Å². The van der Waals surface area contributed by atoms with Crippen LogP contribution in [0.25, 0.3) is 43.3 Å². The van der Waals surface area contributed by atoms with E-state index in [1.165, 1.54) is 0 Å². The number of hydrogen-bond donors (Lipinski definition) is 0. The minimum Gasteiger partial charge on any atom is -0.436 e. The van der Waals surface area contributed by atoms with E-state index in [0.29, 0.717) is 11.5 Å². The van der Waals surface area contributed by atoms with Crippen LogP contribution in [0.3, 0.4) is 0 Å². The van der Waals surface area contributed by atoms with E-state index in [0.717, 1.165) is 100 Å². The summed E-state index contributed by atoms with van der Waals surface area (Å²) in [5.41, 5.74) is 17.7. The number of thiazole rings is 1. The van der Waals surface area contributed by atoms with E-state index in [1.807, 2.05) is 6.07 Å². The van der Waals surface area contributed by atoms with Crippen LogP contribution in [0.5, 0.6) is 0 Å². The molecule has 9 aromatic carbocycles. The van der Waals surface area contributed by atoms with Crippen molar-refractivity contribution in [1.82, 2.24) is 9.97 Å². The second-order valence-electron chi connectivity index (χ2n) is 15.9. The van der Waals surface area contributed by atoms with Crippen molar-refractivity contribution < 1.29 is 4.42 Å². The molecule has 11 aromatic rings. The van der Waals surface area contributed by atoms with Gasteiger partial charge >= 0.3 is 0 Å². The van der Waals surface area contributed by atoms with E-state index in [4.69, 9.17) is 14.4 Å². The molecule has 0 bridgehead atoms. The second kappa shape index (κ2) is 14.6. The molecule has 8 heteroatoms. The van der Waals surface area contributed by atoms with Gasteiger partial charge in [-0.15, -0.1) is 11.3 Å². The molecule has 13 rings (SSSR count). The predicted molar refractivity (Wildman–Crippen MR) is 264 cm³/mol. The van der Waals surface area contributed by atoms with Crippen LogP contribution in [0.2, 0.25) is 0 Å². The monoisotopic (exact) mass is 840 g/mol. The standard InChI is InChI=1S/C56H36N6OS/c1-3-15-39(16-4-1)59-45-19-7-11-23-49(45)61(50-24-12-8-20-46(50)59)41-31-27-37(28-32-41)55-57-43-36-54-44(35-53(43)63-55)58-56(64-54)38-29-33-42(34-30-38)62-51-25-13-9-21-47(51)60(40-17-5-2-6-18-40)48-22-10-14-26-52(48)62/h1-36H. The number of oxazole rings is 1. The summed E-state index contributed by atoms with van der Waals surface area (Å²) in [4.78, 5) is 19.4. The number of hydrogen-bond acceptors (Lipinski definition) is 8. The topological polar surface area (TPSA) is 51.9 Å². The number of fused-ring (bicyclic) bond motifs is 6. The van der Waals surface area contributed by atoms with Crippen LogP contribution in [-0.4, -0.2) is 9.97 Å². The Morgan fingerprint density at radius 3 is 1.09 bits per heavy atom. The van der Waals surface area contributed by atoms with Crippen LogP contribution in [0, 0.1) is 0 Å². The summed E-state index contributed by atoms with van der Waals surface area (Å²) in [6.45, 7) is 0. The molecule has 4 heterocycles. The zero-order chi connectivity index (χ0) is 42.1. The molecule has 0 saturated carbocycles. The molecule has 2 aliphatic rings. The Labute approximate surface area is 373 Å². The molecule has 0 atom stereocenters. The maximum atomic E-state index is 6.44. The highest BCUT2D eigenvalue weighted by atomic mass is 32.1. The number of aromatic nitrogens is 2. The predicted octanol–water partition coefficient (Wildman–Crippen LogP) is 16.3. The third kappa shape index (κ3) is 5.81. The fraction of sp³-hybridized carbons (Fsp3) is 0. The van der Waals surface area contributed by atoms with Crippen molar-refractivity contribution in [2.45, 2.75) is 0 Å². The molecule has 0 N–H and O–H groups in total. The van der Waals surface area contributed by atoms with Gasteiger partial charge in [-0.25, -0.2) is 9.97 Å². The molecule has 0 radical (unpaired) electrons. The maximum Gasteiger partial charge on any atom is 0.227 e. The third-order valence-electron chi connectivity index (χ3n) is 12.1. The highest BCUT2D eigenvalue weighted by Gasteiger charge is 2.32. The minimum atomic E-state index is 0.581. The molecule has 2 aromatic heterocycles. The molecule has 0 saturated heterocycles. The first-order valence-electron chi connectivity index (χ1n) is 21.3. The summed E-state index contributed by atoms with van der Waals surface area (Å²) in [7, 11) is 0. The van der Waals surface area contributed by atoms with Gasteiger partial charge in [0.1, 0.15) is 10.5 Å². The number of rotatable bonds is 6. The molecule has 302 valence electrons. The smallest absolute Gasteiger partial charge is 0.227 e. The van der Waals surface area contributed by atoms with Crippen LogP contribution >= 0.6 is 11.3 Å². The van der Waals surface area contributed by atoms with Gasteiger partial charge in [0, 0.05) is 39.9 Å². The van der Waals surface area contributed by atoms with Gasteiger partial charge in [-0.05, 0) is 127 Å². The fourth-order valence-electron chi connectivity index (χ4n) is 9.26. The summed E-state index contributed by atoms with van der Waals surface area (Å²) >= 11 is 1.67. The molecule has 64 heavy (non-hydrogen) atoms. The number of nitrogens with zero attached hydrogens (tertiary/aromatic N) is 6. The Bertz CT molecular complexity index is 3150. The van der Waals surface area contributed by atoms with Gasteiger partial charge in [0.15, 0.2) is 5.58 Å². The van der Waals surface area contributed by atoms with Crippen molar-refractivity contribution in [3.05, 3.63) is 218 Å². The normalized spacial score (nSPS) is 12.9. The van der Waals surface area contributed by atoms with Gasteiger partial charge in [-0.1, -0.05) is 84.9 Å². The van der Waals surface area contributed by atoms with Gasteiger partial charge in [0.05, 0.1) is 55.7 Å². The Balaban J connectivity index is 0.790. The average Bonchev–Trinajstić information content (AvgIpc) is 3.98. The highest BCUT2D eigenvalue weighted by molar-refractivity contribution is 7.21. The molecule has 0 fully saturated rings. The summed E-state index contributed by atoms with van der Waals surface area (Å²) in [6.07, 6.45) is 0. The summed E-state index contributed by atoms with van der Waals surface area (Å²) in [5, 5.41) is 0.951. The summed E-state index contributed by atoms with van der Waals surface area (Å²) < 4.78 is 7.50. The van der Waals surface area contributed by atoms with E-state index in [-0.39, 0.29) is 0 Å². The first-order valence-corrected chi connectivity index (χ1v) is 22.1. The van der Waals surface area contributed by atoms with Gasteiger partial charge in [-0.2, -0.15) is 0 Å². The van der Waals surface area contributed by atoms with Crippen LogP contribution in [0.4, 0.5) is 68.2 Å². The molecule has 0 aliphatic carbocycles.